The van der Waals surface area contributed by atoms with E-state index in [1.165, 1.54) is 35.2 Å². The highest BCUT2D eigenvalue weighted by Gasteiger charge is 2.17. The van der Waals surface area contributed by atoms with Crippen LogP contribution in [0, 0.1) is 5.82 Å². The Balaban J connectivity index is 1.72. The Labute approximate surface area is 173 Å². The summed E-state index contributed by atoms with van der Waals surface area (Å²) in [5.74, 6) is -1.77. The van der Waals surface area contributed by atoms with Crippen LogP contribution >= 0.6 is 0 Å². The Morgan fingerprint density at radius 3 is 2.53 bits per heavy atom. The van der Waals surface area contributed by atoms with E-state index in [1.54, 1.807) is 0 Å². The third-order valence-electron chi connectivity index (χ3n) is 4.44. The van der Waals surface area contributed by atoms with E-state index >= 15 is 0 Å². The van der Waals surface area contributed by atoms with Gasteiger partial charge in [-0.05, 0) is 42.9 Å². The highest BCUT2D eigenvalue weighted by molar-refractivity contribution is 5.94. The minimum atomic E-state index is -0.710. The maximum Gasteiger partial charge on any atom is 0.296 e. The van der Waals surface area contributed by atoms with Crippen molar-refractivity contribution in [3.63, 3.8) is 0 Å². The second kappa shape index (κ2) is 9.32. The summed E-state index contributed by atoms with van der Waals surface area (Å²) in [6.45, 7) is 1.10. The molecular weight excluding hydrogens is 387 g/mol. The number of carbonyl (C=O) groups excluding carboxylic acids is 1. The Morgan fingerprint density at radius 2 is 1.83 bits per heavy atom. The number of hydrogen-bond acceptors (Lipinski definition) is 5. The summed E-state index contributed by atoms with van der Waals surface area (Å²) in [6, 6.07) is 13.4. The number of carbonyl (C=O) groups is 1. The number of nitrogens with zero attached hydrogens (tertiary/aromatic N) is 3. The van der Waals surface area contributed by atoms with Crippen molar-refractivity contribution in [3.8, 4) is 5.75 Å². The van der Waals surface area contributed by atoms with Gasteiger partial charge in [0.05, 0.1) is 12.9 Å². The van der Waals surface area contributed by atoms with Gasteiger partial charge in [-0.25, -0.2) is 9.37 Å². The molecule has 1 amide bonds. The number of halogens is 1. The van der Waals surface area contributed by atoms with Gasteiger partial charge in [0.1, 0.15) is 5.82 Å². The lowest BCUT2D eigenvalue weighted by Gasteiger charge is -2.12. The summed E-state index contributed by atoms with van der Waals surface area (Å²) < 4.78 is 14.2. The average Bonchev–Trinajstić information content (AvgIpc) is 2.71. The van der Waals surface area contributed by atoms with Crippen molar-refractivity contribution in [1.29, 1.82) is 0 Å². The van der Waals surface area contributed by atoms with E-state index in [2.05, 4.69) is 10.3 Å². The van der Waals surface area contributed by atoms with Gasteiger partial charge in [-0.15, -0.1) is 0 Å². The van der Waals surface area contributed by atoms with Crippen molar-refractivity contribution < 1.29 is 14.3 Å². The van der Waals surface area contributed by atoms with Crippen molar-refractivity contribution in [2.24, 2.45) is 0 Å². The Morgan fingerprint density at radius 1 is 1.13 bits per heavy atom. The molecule has 0 saturated heterocycles. The van der Waals surface area contributed by atoms with E-state index < -0.39 is 17.2 Å². The molecule has 0 aliphatic carbocycles. The monoisotopic (exact) mass is 410 g/mol. The van der Waals surface area contributed by atoms with Crippen LogP contribution in [0.1, 0.15) is 27.2 Å². The summed E-state index contributed by atoms with van der Waals surface area (Å²) in [5, 5.41) is 12.8. The first-order valence-electron chi connectivity index (χ1n) is 9.37. The predicted octanol–water partition coefficient (Wildman–Crippen LogP) is 2.13. The van der Waals surface area contributed by atoms with Crippen molar-refractivity contribution in [1.82, 2.24) is 19.8 Å². The summed E-state index contributed by atoms with van der Waals surface area (Å²) in [6.07, 6.45) is 1.24. The van der Waals surface area contributed by atoms with E-state index in [0.29, 0.717) is 5.56 Å². The van der Waals surface area contributed by atoms with Crippen LogP contribution in [0.15, 0.2) is 59.7 Å². The fraction of sp³-hybridized carbons (Fsp3) is 0.227. The van der Waals surface area contributed by atoms with Crippen LogP contribution in [0.5, 0.6) is 5.75 Å². The van der Waals surface area contributed by atoms with Crippen LogP contribution in [-0.4, -0.2) is 39.6 Å². The molecule has 3 rings (SSSR count). The van der Waals surface area contributed by atoms with Crippen molar-refractivity contribution in [3.05, 3.63) is 93.4 Å². The van der Waals surface area contributed by atoms with Crippen molar-refractivity contribution >= 4 is 5.91 Å². The number of benzene rings is 2. The van der Waals surface area contributed by atoms with Gasteiger partial charge in [-0.2, -0.15) is 0 Å². The normalized spacial score (nSPS) is 10.9. The van der Waals surface area contributed by atoms with Gasteiger partial charge in [0.25, 0.3) is 11.5 Å². The van der Waals surface area contributed by atoms with Gasteiger partial charge in [0, 0.05) is 13.1 Å². The van der Waals surface area contributed by atoms with Crippen LogP contribution in [-0.2, 0) is 19.6 Å². The standard InChI is InChI=1S/C22H23FN4O3/c1-26(2)12-16-4-3-5-17(10-16)13-27-14-25-19(20(28)22(27)30)21(29)24-11-15-6-8-18(23)9-7-15/h3-10,14,28H,11-13H2,1-2H3,(H,24,29). The maximum atomic E-state index is 12.9. The molecule has 0 atom stereocenters. The molecule has 0 saturated carbocycles. The lowest BCUT2D eigenvalue weighted by molar-refractivity contribution is 0.0942. The minimum absolute atomic E-state index is 0.113. The number of aromatic hydroxyl groups is 1. The van der Waals surface area contributed by atoms with Crippen LogP contribution < -0.4 is 10.9 Å². The zero-order valence-electron chi connectivity index (χ0n) is 16.8. The fourth-order valence-corrected chi connectivity index (χ4v) is 3.01. The molecule has 0 unspecified atom stereocenters. The summed E-state index contributed by atoms with van der Waals surface area (Å²) >= 11 is 0. The van der Waals surface area contributed by atoms with Gasteiger partial charge in [0.2, 0.25) is 5.75 Å². The largest absolute Gasteiger partial charge is 0.501 e. The molecule has 0 fully saturated rings. The molecule has 3 aromatic rings. The second-order valence-corrected chi connectivity index (χ2v) is 7.24. The molecule has 30 heavy (non-hydrogen) atoms. The van der Waals surface area contributed by atoms with Crippen LogP contribution in [0.4, 0.5) is 4.39 Å². The molecule has 0 spiro atoms. The zero-order chi connectivity index (χ0) is 21.7. The number of aromatic nitrogens is 2. The van der Waals surface area contributed by atoms with Gasteiger partial charge in [-0.1, -0.05) is 36.4 Å². The van der Waals surface area contributed by atoms with Crippen molar-refractivity contribution in [2.75, 3.05) is 14.1 Å². The minimum Gasteiger partial charge on any atom is -0.501 e. The van der Waals surface area contributed by atoms with E-state index in [0.717, 1.165) is 17.7 Å². The molecule has 0 bridgehead atoms. The van der Waals surface area contributed by atoms with E-state index in [1.807, 2.05) is 43.3 Å². The number of hydrogen-bond donors (Lipinski definition) is 2. The molecular formula is C22H23FN4O3. The molecule has 156 valence electrons. The third kappa shape index (κ3) is 5.30. The van der Waals surface area contributed by atoms with E-state index in [-0.39, 0.29) is 24.6 Å². The average molecular weight is 410 g/mol. The van der Waals surface area contributed by atoms with Gasteiger partial charge in [-0.3, -0.25) is 14.2 Å². The van der Waals surface area contributed by atoms with Crippen LogP contribution in [0.25, 0.3) is 0 Å². The van der Waals surface area contributed by atoms with Crippen LogP contribution in [0.3, 0.4) is 0 Å². The smallest absolute Gasteiger partial charge is 0.296 e. The Bertz CT molecular complexity index is 1090. The van der Waals surface area contributed by atoms with Gasteiger partial charge < -0.3 is 15.3 Å². The summed E-state index contributed by atoms with van der Waals surface area (Å²) in [7, 11) is 3.94. The lowest BCUT2D eigenvalue weighted by atomic mass is 10.1. The molecule has 2 N–H and O–H groups in total. The third-order valence-corrected chi connectivity index (χ3v) is 4.44. The molecule has 2 aromatic carbocycles. The first-order valence-corrected chi connectivity index (χ1v) is 9.37. The number of rotatable bonds is 7. The second-order valence-electron chi connectivity index (χ2n) is 7.24. The van der Waals surface area contributed by atoms with Gasteiger partial charge in [0.15, 0.2) is 5.69 Å². The Kier molecular flexibility index (Phi) is 6.58. The topological polar surface area (TPSA) is 87.5 Å². The number of amides is 1. The Hall–Kier alpha value is -3.52. The first kappa shape index (κ1) is 21.2. The van der Waals surface area contributed by atoms with Gasteiger partial charge >= 0.3 is 0 Å². The summed E-state index contributed by atoms with van der Waals surface area (Å²) in [4.78, 5) is 30.8. The molecule has 0 aliphatic rings. The lowest BCUT2D eigenvalue weighted by Crippen LogP contribution is -2.29. The highest BCUT2D eigenvalue weighted by Crippen LogP contribution is 2.11. The molecule has 7 nitrogen and oxygen atoms in total. The van der Waals surface area contributed by atoms with Crippen LogP contribution in [0.2, 0.25) is 0 Å². The zero-order valence-corrected chi connectivity index (χ0v) is 16.8. The maximum absolute atomic E-state index is 12.9. The van der Waals surface area contributed by atoms with Crippen molar-refractivity contribution in [2.45, 2.75) is 19.6 Å². The first-order chi connectivity index (χ1) is 14.3. The van der Waals surface area contributed by atoms with E-state index in [9.17, 15) is 19.1 Å². The molecule has 0 aliphatic heterocycles. The molecule has 8 heteroatoms. The molecule has 0 radical (unpaired) electrons. The van der Waals surface area contributed by atoms with E-state index in [4.69, 9.17) is 0 Å². The number of nitrogens with one attached hydrogen (secondary N) is 1. The molecule has 1 heterocycles. The SMILES string of the molecule is CN(C)Cc1cccc(Cn2cnc(C(=O)NCc3ccc(F)cc3)c(O)c2=O)c1. The fourth-order valence-electron chi connectivity index (χ4n) is 3.01. The predicted molar refractivity (Wildman–Crippen MR) is 111 cm³/mol. The molecule has 1 aromatic heterocycles. The summed E-state index contributed by atoms with van der Waals surface area (Å²) in [5.41, 5.74) is 1.61. The quantitative estimate of drug-likeness (QED) is 0.623. The highest BCUT2D eigenvalue weighted by atomic mass is 19.1.